The van der Waals surface area contributed by atoms with E-state index >= 15 is 0 Å². The zero-order chi connectivity index (χ0) is 14.4. The first kappa shape index (κ1) is 15.0. The molecule has 1 unspecified atom stereocenters. The molecule has 2 heterocycles. The summed E-state index contributed by atoms with van der Waals surface area (Å²) in [5.41, 5.74) is 1.73. The van der Waals surface area contributed by atoms with Gasteiger partial charge in [0.25, 0.3) is 5.91 Å². The number of nitrogens with zero attached hydrogens (tertiary/aromatic N) is 2. The highest BCUT2D eigenvalue weighted by molar-refractivity contribution is 5.94. The maximum atomic E-state index is 12.6. The van der Waals surface area contributed by atoms with Crippen LogP contribution in [0.2, 0.25) is 0 Å². The number of piperidine rings is 1. The van der Waals surface area contributed by atoms with Gasteiger partial charge in [0.2, 0.25) is 0 Å². The number of carbonyl (C=O) groups is 1. The van der Waals surface area contributed by atoms with E-state index in [1.165, 1.54) is 19.3 Å². The number of nitrogens with one attached hydrogen (secondary N) is 1. The molecule has 1 aliphatic heterocycles. The molecule has 0 saturated carbocycles. The molecule has 1 fully saturated rings. The van der Waals surface area contributed by atoms with E-state index in [1.54, 1.807) is 12.4 Å². The monoisotopic (exact) mass is 275 g/mol. The first-order valence-electron chi connectivity index (χ1n) is 7.65. The summed E-state index contributed by atoms with van der Waals surface area (Å²) in [5, 5.41) is 3.52. The largest absolute Gasteiger partial charge is 0.337 e. The number of hydrogen-bond acceptors (Lipinski definition) is 3. The van der Waals surface area contributed by atoms with Crippen LogP contribution in [-0.4, -0.2) is 41.5 Å². The Bertz CT molecular complexity index is 441. The van der Waals surface area contributed by atoms with Crippen molar-refractivity contribution in [1.82, 2.24) is 15.2 Å². The molecule has 1 atom stereocenters. The smallest absolute Gasteiger partial charge is 0.255 e. The van der Waals surface area contributed by atoms with E-state index in [0.717, 1.165) is 31.6 Å². The van der Waals surface area contributed by atoms with Crippen molar-refractivity contribution in [2.75, 3.05) is 19.6 Å². The second kappa shape index (κ2) is 7.39. The third kappa shape index (κ3) is 4.04. The summed E-state index contributed by atoms with van der Waals surface area (Å²) >= 11 is 0. The summed E-state index contributed by atoms with van der Waals surface area (Å²) in [5.74, 6) is 0.107. The molecule has 4 heteroatoms. The van der Waals surface area contributed by atoms with Crippen LogP contribution in [0.5, 0.6) is 0 Å². The van der Waals surface area contributed by atoms with Crippen molar-refractivity contribution in [2.24, 2.45) is 0 Å². The van der Waals surface area contributed by atoms with E-state index in [1.807, 2.05) is 17.9 Å². The van der Waals surface area contributed by atoms with Gasteiger partial charge >= 0.3 is 0 Å². The van der Waals surface area contributed by atoms with Crippen LogP contribution in [0.4, 0.5) is 0 Å². The number of hydrogen-bond donors (Lipinski definition) is 1. The molecule has 1 N–H and O–H groups in total. The van der Waals surface area contributed by atoms with Crippen molar-refractivity contribution in [3.63, 3.8) is 0 Å². The lowest BCUT2D eigenvalue weighted by Gasteiger charge is -2.30. The van der Waals surface area contributed by atoms with Crippen molar-refractivity contribution in [1.29, 1.82) is 0 Å². The summed E-state index contributed by atoms with van der Waals surface area (Å²) in [4.78, 5) is 18.7. The molecule has 0 aliphatic carbocycles. The van der Waals surface area contributed by atoms with Gasteiger partial charge in [-0.25, -0.2) is 0 Å². The molecule has 0 radical (unpaired) electrons. The van der Waals surface area contributed by atoms with Gasteiger partial charge in [-0.05, 0) is 44.4 Å². The number of aromatic nitrogens is 1. The van der Waals surface area contributed by atoms with Crippen molar-refractivity contribution in [3.05, 3.63) is 29.6 Å². The van der Waals surface area contributed by atoms with Crippen LogP contribution in [0.1, 0.15) is 48.5 Å². The lowest BCUT2D eigenvalue weighted by molar-refractivity contribution is 0.0731. The Hall–Kier alpha value is -1.42. The molecule has 110 valence electrons. The van der Waals surface area contributed by atoms with Crippen LogP contribution in [0, 0.1) is 6.92 Å². The highest BCUT2D eigenvalue weighted by atomic mass is 16.2. The first-order chi connectivity index (χ1) is 9.70. The molecule has 20 heavy (non-hydrogen) atoms. The third-order valence-electron chi connectivity index (χ3n) is 3.76. The number of aryl methyl sites for hydroxylation is 1. The van der Waals surface area contributed by atoms with Gasteiger partial charge in [0.05, 0.1) is 5.56 Å². The van der Waals surface area contributed by atoms with E-state index in [2.05, 4.69) is 17.2 Å². The SMILES string of the molecule is CCCN(CC1CCCCN1)C(=O)c1cncc(C)c1. The second-order valence-corrected chi connectivity index (χ2v) is 5.65. The Morgan fingerprint density at radius 1 is 1.45 bits per heavy atom. The minimum Gasteiger partial charge on any atom is -0.337 e. The fourth-order valence-corrected chi connectivity index (χ4v) is 2.75. The van der Waals surface area contributed by atoms with Gasteiger partial charge in [0.1, 0.15) is 0 Å². The summed E-state index contributed by atoms with van der Waals surface area (Å²) in [7, 11) is 0. The van der Waals surface area contributed by atoms with E-state index in [-0.39, 0.29) is 5.91 Å². The molecule has 4 nitrogen and oxygen atoms in total. The molecule has 1 aromatic heterocycles. The van der Waals surface area contributed by atoms with Gasteiger partial charge in [0.15, 0.2) is 0 Å². The van der Waals surface area contributed by atoms with Crippen LogP contribution in [-0.2, 0) is 0 Å². The number of rotatable bonds is 5. The van der Waals surface area contributed by atoms with Crippen LogP contribution < -0.4 is 5.32 Å². The summed E-state index contributed by atoms with van der Waals surface area (Å²) in [6, 6.07) is 2.36. The lowest BCUT2D eigenvalue weighted by Crippen LogP contribution is -2.46. The van der Waals surface area contributed by atoms with E-state index in [4.69, 9.17) is 0 Å². The van der Waals surface area contributed by atoms with Gasteiger partial charge in [0, 0.05) is 31.5 Å². The van der Waals surface area contributed by atoms with Crippen LogP contribution in [0.25, 0.3) is 0 Å². The summed E-state index contributed by atoms with van der Waals surface area (Å²) in [6.45, 7) is 6.77. The fraction of sp³-hybridized carbons (Fsp3) is 0.625. The molecular weight excluding hydrogens is 250 g/mol. The van der Waals surface area contributed by atoms with Crippen molar-refractivity contribution in [2.45, 2.75) is 45.6 Å². The summed E-state index contributed by atoms with van der Waals surface area (Å²) in [6.07, 6.45) is 8.12. The minimum absolute atomic E-state index is 0.107. The standard InChI is InChI=1S/C16H25N3O/c1-3-8-19(12-15-6-4-5-7-18-15)16(20)14-9-13(2)10-17-11-14/h9-11,15,18H,3-8,12H2,1-2H3. The topological polar surface area (TPSA) is 45.2 Å². The first-order valence-corrected chi connectivity index (χ1v) is 7.65. The Labute approximate surface area is 121 Å². The zero-order valence-corrected chi connectivity index (χ0v) is 12.6. The Kier molecular flexibility index (Phi) is 5.53. The van der Waals surface area contributed by atoms with Crippen molar-refractivity contribution < 1.29 is 4.79 Å². The van der Waals surface area contributed by atoms with Crippen molar-refractivity contribution in [3.8, 4) is 0 Å². The average molecular weight is 275 g/mol. The van der Waals surface area contributed by atoms with E-state index in [0.29, 0.717) is 11.6 Å². The normalized spacial score (nSPS) is 18.8. The maximum absolute atomic E-state index is 12.6. The van der Waals surface area contributed by atoms with Gasteiger partial charge in [-0.1, -0.05) is 13.3 Å². The van der Waals surface area contributed by atoms with Crippen molar-refractivity contribution >= 4 is 5.91 Å². The molecule has 2 rings (SSSR count). The molecule has 0 spiro atoms. The Morgan fingerprint density at radius 2 is 2.30 bits per heavy atom. The third-order valence-corrected chi connectivity index (χ3v) is 3.76. The fourth-order valence-electron chi connectivity index (χ4n) is 2.75. The highest BCUT2D eigenvalue weighted by Crippen LogP contribution is 2.12. The quantitative estimate of drug-likeness (QED) is 0.897. The number of carbonyl (C=O) groups excluding carboxylic acids is 1. The van der Waals surface area contributed by atoms with Crippen LogP contribution in [0.3, 0.4) is 0 Å². The molecule has 0 bridgehead atoms. The number of pyridine rings is 1. The maximum Gasteiger partial charge on any atom is 0.255 e. The second-order valence-electron chi connectivity index (χ2n) is 5.65. The lowest BCUT2D eigenvalue weighted by atomic mass is 10.0. The van der Waals surface area contributed by atoms with Gasteiger partial charge in [-0.2, -0.15) is 0 Å². The van der Waals surface area contributed by atoms with Crippen LogP contribution in [0.15, 0.2) is 18.5 Å². The average Bonchev–Trinajstić information content (AvgIpc) is 2.47. The summed E-state index contributed by atoms with van der Waals surface area (Å²) < 4.78 is 0. The predicted molar refractivity (Wildman–Crippen MR) is 80.8 cm³/mol. The Morgan fingerprint density at radius 3 is 2.95 bits per heavy atom. The minimum atomic E-state index is 0.107. The predicted octanol–water partition coefficient (Wildman–Crippen LogP) is 2.38. The highest BCUT2D eigenvalue weighted by Gasteiger charge is 2.21. The molecule has 1 aromatic rings. The number of amides is 1. The molecule has 1 saturated heterocycles. The van der Waals surface area contributed by atoms with Gasteiger partial charge in [-0.15, -0.1) is 0 Å². The zero-order valence-electron chi connectivity index (χ0n) is 12.6. The van der Waals surface area contributed by atoms with Gasteiger partial charge in [-0.3, -0.25) is 9.78 Å². The van der Waals surface area contributed by atoms with Gasteiger partial charge < -0.3 is 10.2 Å². The van der Waals surface area contributed by atoms with E-state index < -0.39 is 0 Å². The molecule has 0 aromatic carbocycles. The molecule has 1 amide bonds. The van der Waals surface area contributed by atoms with Crippen LogP contribution >= 0.6 is 0 Å². The molecule has 1 aliphatic rings. The molecular formula is C16H25N3O. The van der Waals surface area contributed by atoms with E-state index in [9.17, 15) is 4.79 Å². The Balaban J connectivity index is 2.04.